The standard InChI is InChI=1S/C14H15NO3S2/c1-10-6-14(19-13(10)9-16)20(17,18)15-7-11-4-2-3-5-12(11)8-15/h2-6,16H,7-9H2,1H3. The monoisotopic (exact) mass is 309 g/mol. The zero-order valence-electron chi connectivity index (χ0n) is 11.0. The maximum absolute atomic E-state index is 12.6. The molecule has 1 aromatic heterocycles. The number of fused-ring (bicyclic) bond motifs is 1. The van der Waals surface area contributed by atoms with E-state index in [1.54, 1.807) is 6.07 Å². The Labute approximate surface area is 122 Å². The van der Waals surface area contributed by atoms with Gasteiger partial charge in [0.1, 0.15) is 4.21 Å². The summed E-state index contributed by atoms with van der Waals surface area (Å²) < 4.78 is 27.1. The number of aliphatic hydroxyl groups excluding tert-OH is 1. The van der Waals surface area contributed by atoms with Crippen LogP contribution in [0.5, 0.6) is 0 Å². The molecule has 1 aromatic carbocycles. The summed E-state index contributed by atoms with van der Waals surface area (Å²) in [5.41, 5.74) is 2.95. The van der Waals surface area contributed by atoms with Crippen LogP contribution >= 0.6 is 11.3 Å². The van der Waals surface area contributed by atoms with E-state index in [-0.39, 0.29) is 6.61 Å². The summed E-state index contributed by atoms with van der Waals surface area (Å²) in [4.78, 5) is 0.709. The van der Waals surface area contributed by atoms with Gasteiger partial charge in [0.25, 0.3) is 10.0 Å². The molecule has 0 bridgehead atoms. The second-order valence-corrected chi connectivity index (χ2v) is 8.17. The van der Waals surface area contributed by atoms with Gasteiger partial charge in [-0.2, -0.15) is 4.31 Å². The molecule has 2 aromatic rings. The highest BCUT2D eigenvalue weighted by atomic mass is 32.2. The molecule has 0 unspecified atom stereocenters. The number of hydrogen-bond donors (Lipinski definition) is 1. The van der Waals surface area contributed by atoms with Gasteiger partial charge in [-0.05, 0) is 29.7 Å². The van der Waals surface area contributed by atoms with Crippen LogP contribution in [0.15, 0.2) is 34.5 Å². The summed E-state index contributed by atoms with van der Waals surface area (Å²) in [5.74, 6) is 0. The highest BCUT2D eigenvalue weighted by Gasteiger charge is 2.31. The highest BCUT2D eigenvalue weighted by Crippen LogP contribution is 2.33. The molecule has 1 N–H and O–H groups in total. The SMILES string of the molecule is Cc1cc(S(=O)(=O)N2Cc3ccccc3C2)sc1CO. The van der Waals surface area contributed by atoms with Crippen molar-refractivity contribution in [2.75, 3.05) is 0 Å². The molecule has 1 aliphatic rings. The van der Waals surface area contributed by atoms with Gasteiger partial charge in [-0.3, -0.25) is 0 Å². The molecule has 6 heteroatoms. The van der Waals surface area contributed by atoms with Gasteiger partial charge in [0.2, 0.25) is 0 Å². The third-order valence-electron chi connectivity index (χ3n) is 3.55. The molecule has 20 heavy (non-hydrogen) atoms. The predicted molar refractivity (Wildman–Crippen MR) is 77.9 cm³/mol. The molecule has 0 amide bonds. The molecule has 0 fully saturated rings. The van der Waals surface area contributed by atoms with Crippen LogP contribution in [0.1, 0.15) is 21.6 Å². The topological polar surface area (TPSA) is 57.6 Å². The molecule has 2 heterocycles. The molecule has 106 valence electrons. The van der Waals surface area contributed by atoms with Crippen LogP contribution in [0.25, 0.3) is 0 Å². The zero-order valence-corrected chi connectivity index (χ0v) is 12.7. The lowest BCUT2D eigenvalue weighted by Crippen LogP contribution is -2.24. The lowest BCUT2D eigenvalue weighted by Gasteiger charge is -2.13. The first kappa shape index (κ1) is 13.8. The van der Waals surface area contributed by atoms with Crippen LogP contribution in [0.2, 0.25) is 0 Å². The normalized spacial score (nSPS) is 15.5. The predicted octanol–water partition coefficient (Wildman–Crippen LogP) is 2.25. The van der Waals surface area contributed by atoms with E-state index in [1.807, 2.05) is 31.2 Å². The second-order valence-electron chi connectivity index (χ2n) is 4.87. The summed E-state index contributed by atoms with van der Waals surface area (Å²) >= 11 is 1.15. The van der Waals surface area contributed by atoms with E-state index in [9.17, 15) is 13.5 Å². The van der Waals surface area contributed by atoms with Crippen molar-refractivity contribution in [2.45, 2.75) is 30.8 Å². The Bertz CT molecular complexity index is 725. The number of aryl methyl sites for hydroxylation is 1. The maximum atomic E-state index is 12.6. The number of thiophene rings is 1. The van der Waals surface area contributed by atoms with Crippen LogP contribution < -0.4 is 0 Å². The van der Waals surface area contributed by atoms with Crippen LogP contribution in [0.3, 0.4) is 0 Å². The van der Waals surface area contributed by atoms with E-state index in [0.717, 1.165) is 28.0 Å². The molecule has 3 rings (SSSR count). The minimum atomic E-state index is -3.48. The van der Waals surface area contributed by atoms with Crippen molar-refractivity contribution in [3.05, 3.63) is 51.9 Å². The average molecular weight is 309 g/mol. The van der Waals surface area contributed by atoms with Crippen molar-refractivity contribution in [1.82, 2.24) is 4.31 Å². The van der Waals surface area contributed by atoms with Crippen LogP contribution in [-0.4, -0.2) is 17.8 Å². The van der Waals surface area contributed by atoms with Crippen LogP contribution in [0, 0.1) is 6.92 Å². The third kappa shape index (κ3) is 2.18. The fourth-order valence-corrected chi connectivity index (χ4v) is 5.37. The van der Waals surface area contributed by atoms with Gasteiger partial charge in [-0.15, -0.1) is 11.3 Å². The minimum absolute atomic E-state index is 0.119. The first-order valence-corrected chi connectivity index (χ1v) is 8.55. The van der Waals surface area contributed by atoms with Gasteiger partial charge in [0.15, 0.2) is 0 Å². The number of hydrogen-bond acceptors (Lipinski definition) is 4. The Morgan fingerprint density at radius 1 is 1.25 bits per heavy atom. The fourth-order valence-electron chi connectivity index (χ4n) is 2.37. The van der Waals surface area contributed by atoms with E-state index >= 15 is 0 Å². The third-order valence-corrected chi connectivity index (χ3v) is 7.01. The van der Waals surface area contributed by atoms with E-state index in [0.29, 0.717) is 22.2 Å². The first-order valence-electron chi connectivity index (χ1n) is 6.29. The average Bonchev–Trinajstić information content (AvgIpc) is 3.02. The van der Waals surface area contributed by atoms with E-state index in [2.05, 4.69) is 0 Å². The van der Waals surface area contributed by atoms with Crippen molar-refractivity contribution >= 4 is 21.4 Å². The Morgan fingerprint density at radius 2 is 1.85 bits per heavy atom. The summed E-state index contributed by atoms with van der Waals surface area (Å²) in [5, 5.41) is 9.21. The second kappa shape index (κ2) is 4.96. The summed E-state index contributed by atoms with van der Waals surface area (Å²) in [7, 11) is -3.48. The summed E-state index contributed by atoms with van der Waals surface area (Å²) in [6.07, 6.45) is 0. The molecule has 1 aliphatic heterocycles. The number of rotatable bonds is 3. The molecule has 0 saturated carbocycles. The first-order chi connectivity index (χ1) is 9.52. The summed E-state index contributed by atoms with van der Waals surface area (Å²) in [6.45, 7) is 2.54. The van der Waals surface area contributed by atoms with Crippen LogP contribution in [-0.2, 0) is 29.7 Å². The molecular weight excluding hydrogens is 294 g/mol. The molecular formula is C14H15NO3S2. The van der Waals surface area contributed by atoms with E-state index in [4.69, 9.17) is 0 Å². The number of nitrogens with zero attached hydrogens (tertiary/aromatic N) is 1. The number of benzene rings is 1. The zero-order chi connectivity index (χ0) is 14.3. The van der Waals surface area contributed by atoms with Crippen molar-refractivity contribution in [3.8, 4) is 0 Å². The Balaban J connectivity index is 1.94. The van der Waals surface area contributed by atoms with Crippen molar-refractivity contribution in [1.29, 1.82) is 0 Å². The van der Waals surface area contributed by atoms with Crippen molar-refractivity contribution in [3.63, 3.8) is 0 Å². The quantitative estimate of drug-likeness (QED) is 0.946. The van der Waals surface area contributed by atoms with Crippen LogP contribution in [0.4, 0.5) is 0 Å². The Hall–Kier alpha value is -1.21. The van der Waals surface area contributed by atoms with Gasteiger partial charge < -0.3 is 5.11 Å². The molecule has 0 spiro atoms. The number of aliphatic hydroxyl groups is 1. The van der Waals surface area contributed by atoms with Gasteiger partial charge in [-0.25, -0.2) is 8.42 Å². The van der Waals surface area contributed by atoms with E-state index in [1.165, 1.54) is 4.31 Å². The largest absolute Gasteiger partial charge is 0.391 e. The van der Waals surface area contributed by atoms with Gasteiger partial charge in [-0.1, -0.05) is 24.3 Å². The van der Waals surface area contributed by atoms with Gasteiger partial charge >= 0.3 is 0 Å². The molecule has 0 aliphatic carbocycles. The van der Waals surface area contributed by atoms with E-state index < -0.39 is 10.0 Å². The Morgan fingerprint density at radius 3 is 2.35 bits per heavy atom. The summed E-state index contributed by atoms with van der Waals surface area (Å²) in [6, 6.07) is 9.42. The van der Waals surface area contributed by atoms with Gasteiger partial charge in [0, 0.05) is 18.0 Å². The lowest BCUT2D eigenvalue weighted by molar-refractivity contribution is 0.285. The number of sulfonamides is 1. The molecule has 0 saturated heterocycles. The molecule has 0 radical (unpaired) electrons. The maximum Gasteiger partial charge on any atom is 0.253 e. The highest BCUT2D eigenvalue weighted by molar-refractivity contribution is 7.91. The van der Waals surface area contributed by atoms with Gasteiger partial charge in [0.05, 0.1) is 6.61 Å². The minimum Gasteiger partial charge on any atom is -0.391 e. The molecule has 0 atom stereocenters. The molecule has 4 nitrogen and oxygen atoms in total. The Kier molecular flexibility index (Phi) is 3.41. The smallest absolute Gasteiger partial charge is 0.253 e. The van der Waals surface area contributed by atoms with Crippen molar-refractivity contribution in [2.24, 2.45) is 0 Å². The van der Waals surface area contributed by atoms with Crippen molar-refractivity contribution < 1.29 is 13.5 Å². The lowest BCUT2D eigenvalue weighted by atomic mass is 10.1. The fraction of sp³-hybridized carbons (Fsp3) is 0.286.